The molecule has 1 aromatic carbocycles. The number of para-hydroxylation sites is 1. The van der Waals surface area contributed by atoms with Gasteiger partial charge in [-0.3, -0.25) is 9.69 Å². The first-order valence-corrected chi connectivity index (χ1v) is 8.47. The molecule has 0 aliphatic carbocycles. The second kappa shape index (κ2) is 8.52. The van der Waals surface area contributed by atoms with E-state index in [-0.39, 0.29) is 18.6 Å². The van der Waals surface area contributed by atoms with Crippen LogP contribution in [-0.4, -0.2) is 66.2 Å². The van der Waals surface area contributed by atoms with Crippen molar-refractivity contribution in [1.82, 2.24) is 9.80 Å². The van der Waals surface area contributed by atoms with Crippen molar-refractivity contribution in [2.75, 3.05) is 39.4 Å². The summed E-state index contributed by atoms with van der Waals surface area (Å²) in [5, 5.41) is 9.60. The van der Waals surface area contributed by atoms with Crippen LogP contribution in [0.2, 0.25) is 5.02 Å². The number of β-amino-alcohol motifs (C(OH)–C–C–N with tert-alkyl or cyclic N) is 1. The van der Waals surface area contributed by atoms with Gasteiger partial charge in [0, 0.05) is 37.8 Å². The molecule has 1 fully saturated rings. The van der Waals surface area contributed by atoms with Gasteiger partial charge in [0.25, 0.3) is 0 Å². The molecule has 1 atom stereocenters. The number of rotatable bonds is 6. The molecule has 2 rings (SSSR count). The molecule has 1 amide bonds. The largest absolute Gasteiger partial charge is 0.492 e. The Balaban J connectivity index is 2.02. The average Bonchev–Trinajstić information content (AvgIpc) is 2.53. The molecule has 1 aliphatic heterocycles. The fraction of sp³-hybridized carbons (Fsp3) is 0.588. The zero-order chi connectivity index (χ0) is 16.8. The Labute approximate surface area is 142 Å². The van der Waals surface area contributed by atoms with Gasteiger partial charge in [0.15, 0.2) is 0 Å². The number of hydrogen-bond acceptors (Lipinski definition) is 4. The Kier molecular flexibility index (Phi) is 6.69. The van der Waals surface area contributed by atoms with Crippen LogP contribution in [0.15, 0.2) is 18.2 Å². The summed E-state index contributed by atoms with van der Waals surface area (Å²) in [5.74, 6) is 0.695. The van der Waals surface area contributed by atoms with Gasteiger partial charge < -0.3 is 14.7 Å². The molecule has 23 heavy (non-hydrogen) atoms. The molecule has 0 bridgehead atoms. The number of carbonyl (C=O) groups is 1. The standard InChI is InChI=1S/C17H25ClN2O3/c1-3-23-17-14(5-4-6-15(17)18)11-16(22)20-8-7-19(9-10-21)13(2)12-20/h4-6,13,21H,3,7-12H2,1-2H3/t13-/m1/s1. The highest BCUT2D eigenvalue weighted by molar-refractivity contribution is 6.32. The van der Waals surface area contributed by atoms with Crippen LogP contribution in [0.1, 0.15) is 19.4 Å². The van der Waals surface area contributed by atoms with E-state index in [1.165, 1.54) is 0 Å². The fourth-order valence-electron chi connectivity index (χ4n) is 2.96. The van der Waals surface area contributed by atoms with Gasteiger partial charge in [-0.25, -0.2) is 0 Å². The lowest BCUT2D eigenvalue weighted by atomic mass is 10.1. The third-order valence-electron chi connectivity index (χ3n) is 4.18. The smallest absolute Gasteiger partial charge is 0.227 e. The summed E-state index contributed by atoms with van der Waals surface area (Å²) in [6.07, 6.45) is 0.294. The first kappa shape index (κ1) is 18.0. The van der Waals surface area contributed by atoms with E-state index in [0.29, 0.717) is 43.4 Å². The lowest BCUT2D eigenvalue weighted by Gasteiger charge is -2.39. The van der Waals surface area contributed by atoms with E-state index in [4.69, 9.17) is 21.4 Å². The van der Waals surface area contributed by atoms with Crippen molar-refractivity contribution >= 4 is 17.5 Å². The Hall–Kier alpha value is -1.30. The Morgan fingerprint density at radius 3 is 2.87 bits per heavy atom. The Bertz CT molecular complexity index is 539. The molecule has 0 saturated carbocycles. The van der Waals surface area contributed by atoms with Crippen molar-refractivity contribution in [2.45, 2.75) is 26.3 Å². The average molecular weight is 341 g/mol. The molecular weight excluding hydrogens is 316 g/mol. The molecule has 0 radical (unpaired) electrons. The summed E-state index contributed by atoms with van der Waals surface area (Å²) >= 11 is 6.17. The van der Waals surface area contributed by atoms with Gasteiger partial charge in [-0.15, -0.1) is 0 Å². The minimum atomic E-state index is 0.0868. The first-order chi connectivity index (χ1) is 11.1. The van der Waals surface area contributed by atoms with Crippen LogP contribution in [0.3, 0.4) is 0 Å². The normalized spacial score (nSPS) is 19.0. The highest BCUT2D eigenvalue weighted by Crippen LogP contribution is 2.29. The minimum absolute atomic E-state index is 0.0868. The van der Waals surface area contributed by atoms with E-state index >= 15 is 0 Å². The second-order valence-corrected chi connectivity index (χ2v) is 6.19. The highest BCUT2D eigenvalue weighted by Gasteiger charge is 2.26. The van der Waals surface area contributed by atoms with Crippen molar-refractivity contribution < 1.29 is 14.6 Å². The summed E-state index contributed by atoms with van der Waals surface area (Å²) < 4.78 is 5.59. The fourth-order valence-corrected chi connectivity index (χ4v) is 3.20. The van der Waals surface area contributed by atoms with Crippen LogP contribution in [-0.2, 0) is 11.2 Å². The number of nitrogens with zero attached hydrogens (tertiary/aromatic N) is 2. The van der Waals surface area contributed by atoms with Crippen LogP contribution in [0.5, 0.6) is 5.75 Å². The highest BCUT2D eigenvalue weighted by atomic mass is 35.5. The number of carbonyl (C=O) groups excluding carboxylic acids is 1. The van der Waals surface area contributed by atoms with Gasteiger partial charge >= 0.3 is 0 Å². The molecule has 5 nitrogen and oxygen atoms in total. The van der Waals surface area contributed by atoms with E-state index in [9.17, 15) is 4.79 Å². The van der Waals surface area contributed by atoms with Crippen molar-refractivity contribution in [2.24, 2.45) is 0 Å². The van der Waals surface area contributed by atoms with Crippen LogP contribution < -0.4 is 4.74 Å². The predicted octanol–water partition coefficient (Wildman–Crippen LogP) is 1.81. The quantitative estimate of drug-likeness (QED) is 0.858. The van der Waals surface area contributed by atoms with Crippen molar-refractivity contribution in [3.63, 3.8) is 0 Å². The summed E-state index contributed by atoms with van der Waals surface area (Å²) in [7, 11) is 0. The summed E-state index contributed by atoms with van der Waals surface area (Å²) in [6.45, 7) is 7.47. The van der Waals surface area contributed by atoms with Gasteiger partial charge in [-0.2, -0.15) is 0 Å². The van der Waals surface area contributed by atoms with E-state index in [1.54, 1.807) is 6.07 Å². The molecule has 0 unspecified atom stereocenters. The van der Waals surface area contributed by atoms with E-state index in [1.807, 2.05) is 24.0 Å². The number of benzene rings is 1. The van der Waals surface area contributed by atoms with Crippen molar-refractivity contribution in [3.05, 3.63) is 28.8 Å². The first-order valence-electron chi connectivity index (χ1n) is 8.09. The maximum absolute atomic E-state index is 12.6. The molecule has 1 aliphatic rings. The van der Waals surface area contributed by atoms with Crippen molar-refractivity contribution in [1.29, 1.82) is 0 Å². The van der Waals surface area contributed by atoms with Crippen LogP contribution in [0.25, 0.3) is 0 Å². The van der Waals surface area contributed by atoms with Crippen LogP contribution >= 0.6 is 11.6 Å². The predicted molar refractivity (Wildman–Crippen MR) is 91.0 cm³/mol. The maximum Gasteiger partial charge on any atom is 0.227 e. The second-order valence-electron chi connectivity index (χ2n) is 5.79. The number of amides is 1. The minimum Gasteiger partial charge on any atom is -0.492 e. The topological polar surface area (TPSA) is 53.0 Å². The molecule has 1 aromatic rings. The van der Waals surface area contributed by atoms with Gasteiger partial charge in [-0.05, 0) is 19.9 Å². The van der Waals surface area contributed by atoms with E-state index in [0.717, 1.165) is 12.1 Å². The Morgan fingerprint density at radius 1 is 1.43 bits per heavy atom. The number of aliphatic hydroxyl groups is 1. The van der Waals surface area contributed by atoms with Gasteiger partial charge in [-0.1, -0.05) is 23.7 Å². The van der Waals surface area contributed by atoms with Crippen molar-refractivity contribution in [3.8, 4) is 5.75 Å². The maximum atomic E-state index is 12.6. The molecule has 128 valence electrons. The molecule has 0 spiro atoms. The monoisotopic (exact) mass is 340 g/mol. The molecule has 0 aromatic heterocycles. The summed E-state index contributed by atoms with van der Waals surface area (Å²) in [6, 6.07) is 5.76. The third kappa shape index (κ3) is 4.59. The molecule has 1 saturated heterocycles. The summed E-state index contributed by atoms with van der Waals surface area (Å²) in [4.78, 5) is 16.7. The van der Waals surface area contributed by atoms with E-state index in [2.05, 4.69) is 11.8 Å². The number of hydrogen-bond donors (Lipinski definition) is 1. The zero-order valence-electron chi connectivity index (χ0n) is 13.8. The molecule has 1 N–H and O–H groups in total. The van der Waals surface area contributed by atoms with Crippen LogP contribution in [0, 0.1) is 0 Å². The van der Waals surface area contributed by atoms with Gasteiger partial charge in [0.2, 0.25) is 5.91 Å². The Morgan fingerprint density at radius 2 is 2.22 bits per heavy atom. The number of halogens is 1. The molecule has 6 heteroatoms. The van der Waals surface area contributed by atoms with E-state index < -0.39 is 0 Å². The number of piperazine rings is 1. The molecular formula is C17H25ClN2O3. The molecule has 1 heterocycles. The van der Waals surface area contributed by atoms with Gasteiger partial charge in [0.1, 0.15) is 5.75 Å². The number of ether oxygens (including phenoxy) is 1. The zero-order valence-corrected chi connectivity index (χ0v) is 14.6. The SMILES string of the molecule is CCOc1c(Cl)cccc1CC(=O)N1CCN(CCO)[C@H](C)C1. The summed E-state index contributed by atoms with van der Waals surface area (Å²) in [5.41, 5.74) is 0.829. The lowest BCUT2D eigenvalue weighted by molar-refractivity contribution is -0.133. The number of aliphatic hydroxyl groups excluding tert-OH is 1. The van der Waals surface area contributed by atoms with Crippen LogP contribution in [0.4, 0.5) is 0 Å². The lowest BCUT2D eigenvalue weighted by Crippen LogP contribution is -2.54. The van der Waals surface area contributed by atoms with Gasteiger partial charge in [0.05, 0.1) is 24.7 Å². The third-order valence-corrected chi connectivity index (χ3v) is 4.48.